The molecule has 2 amide bonds. The molecule has 1 aliphatic heterocycles. The van der Waals surface area contributed by atoms with Crippen LogP contribution in [0.3, 0.4) is 0 Å². The van der Waals surface area contributed by atoms with Gasteiger partial charge in [0.25, 0.3) is 0 Å². The van der Waals surface area contributed by atoms with Crippen LogP contribution >= 0.6 is 12.4 Å². The number of nitrogens with two attached hydrogens (primary N) is 1. The van der Waals surface area contributed by atoms with Gasteiger partial charge in [0.05, 0.1) is 20.1 Å². The number of ether oxygens (including phenoxy) is 2. The molecule has 0 unspecified atom stereocenters. The molecule has 0 aliphatic carbocycles. The largest absolute Gasteiger partial charge is 0.493 e. The first-order valence-electron chi connectivity index (χ1n) is 8.44. The molecule has 1 aromatic rings. The summed E-state index contributed by atoms with van der Waals surface area (Å²) in [6.07, 6.45) is 1.42. The molecule has 1 aliphatic rings. The second-order valence-electron chi connectivity index (χ2n) is 6.37. The van der Waals surface area contributed by atoms with Gasteiger partial charge in [0.2, 0.25) is 11.8 Å². The van der Waals surface area contributed by atoms with Gasteiger partial charge in [-0.25, -0.2) is 0 Å². The molecule has 1 saturated heterocycles. The number of benzene rings is 1. The van der Waals surface area contributed by atoms with E-state index in [1.54, 1.807) is 19.1 Å². The molecule has 0 spiro atoms. The third kappa shape index (κ3) is 5.78. The molecule has 3 N–H and O–H groups in total. The van der Waals surface area contributed by atoms with E-state index in [-0.39, 0.29) is 36.2 Å². The van der Waals surface area contributed by atoms with Crippen molar-refractivity contribution in [3.8, 4) is 11.5 Å². The van der Waals surface area contributed by atoms with Crippen molar-refractivity contribution in [2.24, 2.45) is 11.7 Å². The zero-order chi connectivity index (χ0) is 18.4. The van der Waals surface area contributed by atoms with Crippen molar-refractivity contribution in [2.75, 3.05) is 27.3 Å². The highest BCUT2D eigenvalue weighted by Crippen LogP contribution is 2.27. The number of nitrogens with one attached hydrogen (secondary N) is 1. The Morgan fingerprint density at radius 2 is 1.88 bits per heavy atom. The van der Waals surface area contributed by atoms with Gasteiger partial charge in [-0.15, -0.1) is 12.4 Å². The lowest BCUT2D eigenvalue weighted by atomic mass is 10.0. The molecule has 0 aromatic heterocycles. The number of halogens is 1. The van der Waals surface area contributed by atoms with E-state index in [1.165, 1.54) is 6.92 Å². The number of methoxy groups -OCH3 is 2. The summed E-state index contributed by atoms with van der Waals surface area (Å²) in [5, 5.41) is 2.95. The minimum atomic E-state index is -0.238. The predicted octanol–water partition coefficient (Wildman–Crippen LogP) is 1.33. The highest BCUT2D eigenvalue weighted by Gasteiger charge is 2.28. The third-order valence-electron chi connectivity index (χ3n) is 4.51. The fraction of sp³-hybridized carbons (Fsp3) is 0.556. The van der Waals surface area contributed by atoms with Crippen LogP contribution in [-0.2, 0) is 16.1 Å². The number of carbonyl (C=O) groups excluding carboxylic acids is 2. The smallest absolute Gasteiger partial charge is 0.225 e. The maximum atomic E-state index is 12.5. The van der Waals surface area contributed by atoms with E-state index in [1.807, 2.05) is 18.2 Å². The maximum absolute atomic E-state index is 12.5. The minimum absolute atomic E-state index is 0. The first-order valence-corrected chi connectivity index (χ1v) is 8.44. The topological polar surface area (TPSA) is 93.9 Å². The van der Waals surface area contributed by atoms with Crippen molar-refractivity contribution < 1.29 is 19.1 Å². The van der Waals surface area contributed by atoms with Crippen LogP contribution in [0.2, 0.25) is 0 Å². The van der Waals surface area contributed by atoms with Gasteiger partial charge in [0, 0.05) is 32.6 Å². The van der Waals surface area contributed by atoms with E-state index in [4.69, 9.17) is 15.2 Å². The number of hydrogen-bond acceptors (Lipinski definition) is 5. The van der Waals surface area contributed by atoms with Gasteiger partial charge in [-0.1, -0.05) is 6.07 Å². The van der Waals surface area contributed by atoms with Crippen LogP contribution in [0, 0.1) is 5.92 Å². The average molecular weight is 386 g/mol. The SMILES string of the molecule is COc1ccc(CNC(=O)[C@@H]2CC[C@H](N)CN(C(C)=O)C2)cc1OC.Cl. The van der Waals surface area contributed by atoms with Gasteiger partial charge in [-0.3, -0.25) is 9.59 Å². The first-order chi connectivity index (χ1) is 11.9. The van der Waals surface area contributed by atoms with E-state index >= 15 is 0 Å². The van der Waals surface area contributed by atoms with Gasteiger partial charge in [-0.2, -0.15) is 0 Å². The summed E-state index contributed by atoms with van der Waals surface area (Å²) in [5.41, 5.74) is 6.91. The predicted molar refractivity (Wildman–Crippen MR) is 102 cm³/mol. The van der Waals surface area contributed by atoms with Crippen LogP contribution in [0.25, 0.3) is 0 Å². The fourth-order valence-electron chi connectivity index (χ4n) is 3.02. The molecular formula is C18H28ClN3O4. The fourth-order valence-corrected chi connectivity index (χ4v) is 3.02. The van der Waals surface area contributed by atoms with Crippen molar-refractivity contribution in [1.29, 1.82) is 0 Å². The zero-order valence-electron chi connectivity index (χ0n) is 15.5. The van der Waals surface area contributed by atoms with Gasteiger partial charge < -0.3 is 25.4 Å². The molecule has 1 aromatic carbocycles. The van der Waals surface area contributed by atoms with Gasteiger partial charge in [-0.05, 0) is 30.5 Å². The van der Waals surface area contributed by atoms with Gasteiger partial charge in [0.15, 0.2) is 11.5 Å². The summed E-state index contributed by atoms with van der Waals surface area (Å²) in [7, 11) is 3.15. The molecule has 146 valence electrons. The number of nitrogens with zero attached hydrogens (tertiary/aromatic N) is 1. The summed E-state index contributed by atoms with van der Waals surface area (Å²) in [6.45, 7) is 2.83. The summed E-state index contributed by atoms with van der Waals surface area (Å²) in [4.78, 5) is 25.9. The Hall–Kier alpha value is -1.99. The molecule has 1 heterocycles. The zero-order valence-corrected chi connectivity index (χ0v) is 16.3. The second kappa shape index (κ2) is 10.2. The molecule has 1 fully saturated rings. The highest BCUT2D eigenvalue weighted by molar-refractivity contribution is 5.85. The summed E-state index contributed by atoms with van der Waals surface area (Å²) in [6, 6.07) is 5.45. The normalized spacial score (nSPS) is 19.8. The second-order valence-corrected chi connectivity index (χ2v) is 6.37. The quantitative estimate of drug-likeness (QED) is 0.797. The van der Waals surface area contributed by atoms with Crippen molar-refractivity contribution in [3.05, 3.63) is 23.8 Å². The van der Waals surface area contributed by atoms with Crippen LogP contribution < -0.4 is 20.5 Å². The van der Waals surface area contributed by atoms with Crippen LogP contribution in [0.1, 0.15) is 25.3 Å². The summed E-state index contributed by atoms with van der Waals surface area (Å²) >= 11 is 0. The number of carbonyl (C=O) groups is 2. The Labute approximate surface area is 160 Å². The van der Waals surface area contributed by atoms with Crippen molar-refractivity contribution in [2.45, 2.75) is 32.4 Å². The van der Waals surface area contributed by atoms with E-state index in [0.717, 1.165) is 12.0 Å². The van der Waals surface area contributed by atoms with Crippen LogP contribution in [0.5, 0.6) is 11.5 Å². The van der Waals surface area contributed by atoms with Crippen molar-refractivity contribution in [3.63, 3.8) is 0 Å². The average Bonchev–Trinajstić information content (AvgIpc) is 2.81. The molecule has 0 saturated carbocycles. The lowest BCUT2D eigenvalue weighted by molar-refractivity contribution is -0.131. The molecule has 7 nitrogen and oxygen atoms in total. The van der Waals surface area contributed by atoms with Crippen molar-refractivity contribution in [1.82, 2.24) is 10.2 Å². The monoisotopic (exact) mass is 385 g/mol. The molecular weight excluding hydrogens is 358 g/mol. The van der Waals surface area contributed by atoms with Crippen LogP contribution in [-0.4, -0.2) is 50.1 Å². The van der Waals surface area contributed by atoms with E-state index in [0.29, 0.717) is 37.6 Å². The number of likely N-dealkylation sites (tertiary alicyclic amines) is 1. The number of amides is 2. The Bertz CT molecular complexity index is 626. The Kier molecular flexibility index (Phi) is 8.68. The molecule has 2 rings (SSSR count). The highest BCUT2D eigenvalue weighted by atomic mass is 35.5. The van der Waals surface area contributed by atoms with E-state index in [9.17, 15) is 9.59 Å². The molecule has 8 heteroatoms. The molecule has 0 radical (unpaired) electrons. The minimum Gasteiger partial charge on any atom is -0.493 e. The van der Waals surface area contributed by atoms with Crippen LogP contribution in [0.15, 0.2) is 18.2 Å². The Balaban J connectivity index is 0.00000338. The molecule has 26 heavy (non-hydrogen) atoms. The Morgan fingerprint density at radius 3 is 2.50 bits per heavy atom. The van der Waals surface area contributed by atoms with Crippen molar-refractivity contribution >= 4 is 24.2 Å². The van der Waals surface area contributed by atoms with E-state index < -0.39 is 0 Å². The van der Waals surface area contributed by atoms with Gasteiger partial charge in [0.1, 0.15) is 0 Å². The maximum Gasteiger partial charge on any atom is 0.225 e. The first kappa shape index (κ1) is 22.1. The third-order valence-corrected chi connectivity index (χ3v) is 4.51. The molecule has 0 bridgehead atoms. The number of rotatable bonds is 5. The number of hydrogen-bond donors (Lipinski definition) is 2. The summed E-state index contributed by atoms with van der Waals surface area (Å²) in [5.74, 6) is 0.924. The lowest BCUT2D eigenvalue weighted by Crippen LogP contribution is -2.42. The molecule has 2 atom stereocenters. The Morgan fingerprint density at radius 1 is 1.19 bits per heavy atom. The van der Waals surface area contributed by atoms with E-state index in [2.05, 4.69) is 5.32 Å². The lowest BCUT2D eigenvalue weighted by Gasteiger charge is -2.23. The van der Waals surface area contributed by atoms with Crippen LogP contribution in [0.4, 0.5) is 0 Å². The standard InChI is InChI=1S/C18H27N3O4.ClH/c1-12(22)21-10-14(5-6-15(19)11-21)18(23)20-9-13-4-7-16(24-2)17(8-13)25-3;/h4,7-8,14-15H,5-6,9-11,19H2,1-3H3,(H,20,23);1H/t14-,15+;/m1./s1. The van der Waals surface area contributed by atoms with Gasteiger partial charge >= 0.3 is 0 Å². The summed E-state index contributed by atoms with van der Waals surface area (Å²) < 4.78 is 10.5.